The molecule has 176 valence electrons. The summed E-state index contributed by atoms with van der Waals surface area (Å²) in [5, 5.41) is 4.31. The van der Waals surface area contributed by atoms with Crippen molar-refractivity contribution in [3.05, 3.63) is 84.5 Å². The van der Waals surface area contributed by atoms with E-state index < -0.39 is 5.56 Å². The third-order valence-corrected chi connectivity index (χ3v) is 6.00. The summed E-state index contributed by atoms with van der Waals surface area (Å²) in [6.07, 6.45) is 1.99. The van der Waals surface area contributed by atoms with Crippen LogP contribution in [0.4, 0.5) is 0 Å². The van der Waals surface area contributed by atoms with Gasteiger partial charge in [0.1, 0.15) is 11.4 Å². The van der Waals surface area contributed by atoms with Gasteiger partial charge >= 0.3 is 0 Å². The Morgan fingerprint density at radius 2 is 1.79 bits per heavy atom. The van der Waals surface area contributed by atoms with Gasteiger partial charge in [0.2, 0.25) is 4.96 Å². The molecule has 0 radical (unpaired) electrons. The zero-order valence-corrected chi connectivity index (χ0v) is 20.2. The molecule has 9 heteroatoms. The molecule has 0 aliphatic carbocycles. The molecule has 0 aliphatic rings. The lowest BCUT2D eigenvalue weighted by Gasteiger charge is -2.12. The second kappa shape index (κ2) is 10.0. The van der Waals surface area contributed by atoms with Gasteiger partial charge < -0.3 is 14.2 Å². The topological polar surface area (TPSA) is 92.0 Å². The van der Waals surface area contributed by atoms with Gasteiger partial charge in [-0.2, -0.15) is 14.6 Å². The van der Waals surface area contributed by atoms with Crippen LogP contribution in [0.3, 0.4) is 0 Å². The van der Waals surface area contributed by atoms with Crippen LogP contribution in [-0.2, 0) is 6.42 Å². The minimum atomic E-state index is -0.447. The van der Waals surface area contributed by atoms with Gasteiger partial charge in [0.15, 0.2) is 11.5 Å². The summed E-state index contributed by atoms with van der Waals surface area (Å²) in [5.41, 5.74) is 1.06. The SMILES string of the molecule is COc1ccc(Cc2nn3c(=O)c(=Cc4ccc(OCC(C)C)c(OC)c4)sc3nc2=O)cc1. The predicted molar refractivity (Wildman–Crippen MR) is 131 cm³/mol. The van der Waals surface area contributed by atoms with Crippen molar-refractivity contribution in [2.75, 3.05) is 20.8 Å². The van der Waals surface area contributed by atoms with Crippen molar-refractivity contribution in [3.63, 3.8) is 0 Å². The molecular formula is C25H25N3O5S. The number of fused-ring (bicyclic) bond motifs is 1. The monoisotopic (exact) mass is 479 g/mol. The Balaban J connectivity index is 1.68. The number of rotatable bonds is 8. The lowest BCUT2D eigenvalue weighted by Crippen LogP contribution is -2.28. The van der Waals surface area contributed by atoms with Crippen molar-refractivity contribution in [1.29, 1.82) is 0 Å². The fourth-order valence-corrected chi connectivity index (χ4v) is 4.19. The summed E-state index contributed by atoms with van der Waals surface area (Å²) >= 11 is 1.12. The standard InChI is InChI=1S/C25H25N3O5S/c1-15(2)14-33-20-10-7-17(12-21(20)32-4)13-22-24(30)28-25(34-22)26-23(29)19(27-28)11-16-5-8-18(31-3)9-6-16/h5-10,12-13,15H,11,14H2,1-4H3. The second-order valence-corrected chi connectivity index (χ2v) is 9.12. The molecule has 2 heterocycles. The molecule has 0 fully saturated rings. The summed E-state index contributed by atoms with van der Waals surface area (Å²) < 4.78 is 18.0. The van der Waals surface area contributed by atoms with Crippen LogP contribution in [-0.4, -0.2) is 35.4 Å². The molecular weight excluding hydrogens is 454 g/mol. The number of ether oxygens (including phenoxy) is 3. The van der Waals surface area contributed by atoms with Crippen LogP contribution in [0.25, 0.3) is 11.0 Å². The number of methoxy groups -OCH3 is 2. The van der Waals surface area contributed by atoms with Gasteiger partial charge in [0.05, 0.1) is 25.4 Å². The highest BCUT2D eigenvalue weighted by Crippen LogP contribution is 2.28. The Bertz CT molecular complexity index is 1480. The third kappa shape index (κ3) is 5.09. The van der Waals surface area contributed by atoms with Crippen molar-refractivity contribution in [1.82, 2.24) is 14.6 Å². The summed E-state index contributed by atoms with van der Waals surface area (Å²) in [5.74, 6) is 2.33. The highest BCUT2D eigenvalue weighted by atomic mass is 32.1. The van der Waals surface area contributed by atoms with Crippen LogP contribution >= 0.6 is 11.3 Å². The average molecular weight is 480 g/mol. The molecule has 4 aromatic rings. The number of hydrogen-bond donors (Lipinski definition) is 0. The Morgan fingerprint density at radius 1 is 1.03 bits per heavy atom. The number of nitrogens with zero attached hydrogens (tertiary/aromatic N) is 3. The van der Waals surface area contributed by atoms with Gasteiger partial charge in [-0.05, 0) is 47.4 Å². The van der Waals surface area contributed by atoms with E-state index in [1.54, 1.807) is 26.4 Å². The van der Waals surface area contributed by atoms with Gasteiger partial charge in [0.25, 0.3) is 11.1 Å². The maximum Gasteiger partial charge on any atom is 0.296 e. The van der Waals surface area contributed by atoms with E-state index in [0.29, 0.717) is 28.6 Å². The quantitative estimate of drug-likeness (QED) is 0.384. The van der Waals surface area contributed by atoms with Crippen LogP contribution in [0.5, 0.6) is 17.2 Å². The first-order chi connectivity index (χ1) is 16.4. The molecule has 0 unspecified atom stereocenters. The molecule has 0 aliphatic heterocycles. The van der Waals surface area contributed by atoms with Gasteiger partial charge in [-0.25, -0.2) is 0 Å². The Hall–Kier alpha value is -3.72. The van der Waals surface area contributed by atoms with E-state index in [9.17, 15) is 9.59 Å². The van der Waals surface area contributed by atoms with Crippen molar-refractivity contribution in [3.8, 4) is 17.2 Å². The molecule has 2 aromatic carbocycles. The summed E-state index contributed by atoms with van der Waals surface area (Å²) in [7, 11) is 3.16. The van der Waals surface area contributed by atoms with Crippen molar-refractivity contribution in [2.45, 2.75) is 20.3 Å². The number of hydrogen-bond acceptors (Lipinski definition) is 8. The lowest BCUT2D eigenvalue weighted by atomic mass is 10.1. The summed E-state index contributed by atoms with van der Waals surface area (Å²) in [6.45, 7) is 4.72. The molecule has 4 rings (SSSR count). The first kappa shape index (κ1) is 23.4. The number of benzene rings is 2. The van der Waals surface area contributed by atoms with Gasteiger partial charge in [-0.15, -0.1) is 0 Å². The van der Waals surface area contributed by atoms with Crippen LogP contribution < -0.4 is 29.9 Å². The van der Waals surface area contributed by atoms with E-state index in [1.807, 2.05) is 36.4 Å². The third-order valence-electron chi connectivity index (χ3n) is 5.04. The number of thiazole rings is 1. The Morgan fingerprint density at radius 3 is 2.47 bits per heavy atom. The first-order valence-corrected chi connectivity index (χ1v) is 11.6. The minimum Gasteiger partial charge on any atom is -0.497 e. The van der Waals surface area contributed by atoms with E-state index in [-0.39, 0.29) is 22.6 Å². The molecule has 0 spiro atoms. The Labute approximate surface area is 200 Å². The molecule has 0 atom stereocenters. The second-order valence-electron chi connectivity index (χ2n) is 8.11. The maximum absolute atomic E-state index is 13.0. The van der Waals surface area contributed by atoms with Crippen molar-refractivity contribution in [2.24, 2.45) is 5.92 Å². The zero-order chi connectivity index (χ0) is 24.2. The van der Waals surface area contributed by atoms with E-state index in [4.69, 9.17) is 14.2 Å². The zero-order valence-electron chi connectivity index (χ0n) is 19.4. The van der Waals surface area contributed by atoms with E-state index in [2.05, 4.69) is 23.9 Å². The highest BCUT2D eigenvalue weighted by Gasteiger charge is 2.13. The van der Waals surface area contributed by atoms with E-state index >= 15 is 0 Å². The van der Waals surface area contributed by atoms with E-state index in [0.717, 1.165) is 28.2 Å². The molecule has 0 amide bonds. The predicted octanol–water partition coefficient (Wildman–Crippen LogP) is 2.70. The Kier molecular flexibility index (Phi) is 6.93. The van der Waals surface area contributed by atoms with Gasteiger partial charge in [0, 0.05) is 6.42 Å². The lowest BCUT2D eigenvalue weighted by molar-refractivity contribution is 0.257. The minimum absolute atomic E-state index is 0.206. The maximum atomic E-state index is 13.0. The van der Waals surface area contributed by atoms with Crippen LogP contribution in [0.2, 0.25) is 0 Å². The number of aromatic nitrogens is 3. The fourth-order valence-electron chi connectivity index (χ4n) is 3.29. The van der Waals surface area contributed by atoms with Crippen LogP contribution in [0, 0.1) is 5.92 Å². The largest absolute Gasteiger partial charge is 0.497 e. The molecule has 34 heavy (non-hydrogen) atoms. The molecule has 0 bridgehead atoms. The summed E-state index contributed by atoms with van der Waals surface area (Å²) in [4.78, 5) is 29.9. The smallest absolute Gasteiger partial charge is 0.296 e. The summed E-state index contributed by atoms with van der Waals surface area (Å²) in [6, 6.07) is 12.8. The van der Waals surface area contributed by atoms with Gasteiger partial charge in [-0.1, -0.05) is 43.4 Å². The molecule has 8 nitrogen and oxygen atoms in total. The van der Waals surface area contributed by atoms with Gasteiger partial charge in [-0.3, -0.25) is 9.59 Å². The first-order valence-electron chi connectivity index (χ1n) is 10.8. The van der Waals surface area contributed by atoms with Crippen molar-refractivity contribution < 1.29 is 14.2 Å². The van der Waals surface area contributed by atoms with E-state index in [1.165, 1.54) is 4.52 Å². The highest BCUT2D eigenvalue weighted by molar-refractivity contribution is 7.15. The van der Waals surface area contributed by atoms with Crippen LogP contribution in [0.15, 0.2) is 52.1 Å². The van der Waals surface area contributed by atoms with Crippen LogP contribution in [0.1, 0.15) is 30.7 Å². The molecule has 0 saturated heterocycles. The van der Waals surface area contributed by atoms with Crippen molar-refractivity contribution >= 4 is 22.4 Å². The molecule has 0 N–H and O–H groups in total. The molecule has 0 saturated carbocycles. The normalized spacial score (nSPS) is 11.9. The molecule has 2 aromatic heterocycles. The average Bonchev–Trinajstić information content (AvgIpc) is 3.12. The fraction of sp³-hybridized carbons (Fsp3) is 0.280.